The smallest absolute Gasteiger partial charge is 0.405 e. The summed E-state index contributed by atoms with van der Waals surface area (Å²) in [5, 5.41) is 10.9. The third-order valence-electron chi connectivity index (χ3n) is 4.69. The minimum Gasteiger partial charge on any atom is -0.494 e. The quantitative estimate of drug-likeness (QED) is 0.354. The van der Waals surface area contributed by atoms with Gasteiger partial charge in [-0.25, -0.2) is 4.98 Å². The van der Waals surface area contributed by atoms with Gasteiger partial charge in [0.05, 0.1) is 6.61 Å². The lowest BCUT2D eigenvalue weighted by Crippen LogP contribution is -2.33. The molecule has 1 heterocycles. The first kappa shape index (κ1) is 28.8. The molecule has 1 aromatic heterocycles. The lowest BCUT2D eigenvalue weighted by atomic mass is 10.1. The Labute approximate surface area is 199 Å². The van der Waals surface area contributed by atoms with Crippen LogP contribution in [-0.2, 0) is 11.2 Å². The number of carboxylic acid groups (broad SMARTS) is 1. The molecule has 0 radical (unpaired) electrons. The predicted molar refractivity (Wildman–Crippen MR) is 128 cm³/mol. The van der Waals surface area contributed by atoms with E-state index in [2.05, 4.69) is 16.9 Å². The topological polar surface area (TPSA) is 74.7 Å². The van der Waals surface area contributed by atoms with E-state index in [1.165, 1.54) is 4.90 Å². The molecule has 0 aliphatic carbocycles. The first-order chi connectivity index (χ1) is 16.1. The van der Waals surface area contributed by atoms with E-state index in [0.29, 0.717) is 31.7 Å². The summed E-state index contributed by atoms with van der Waals surface area (Å²) in [5.74, 6) is 0.873. The number of ether oxygens (including phenoxy) is 1. The zero-order valence-electron chi connectivity index (χ0n) is 19.8. The van der Waals surface area contributed by atoms with Gasteiger partial charge in [0, 0.05) is 31.4 Å². The molecule has 0 amide bonds. The van der Waals surface area contributed by atoms with E-state index in [-0.39, 0.29) is 6.42 Å². The molecule has 2 rings (SSSR count). The number of rotatable bonds is 13. The second kappa shape index (κ2) is 15.6. The second-order valence-corrected chi connectivity index (χ2v) is 7.43. The Bertz CT molecular complexity index is 844. The molecule has 0 saturated carbocycles. The number of nitrogens with one attached hydrogen (secondary N) is 1. The maximum atomic E-state index is 12.6. The van der Waals surface area contributed by atoms with Crippen LogP contribution in [0.5, 0.6) is 5.75 Å². The van der Waals surface area contributed by atoms with Crippen molar-refractivity contribution < 1.29 is 27.8 Å². The van der Waals surface area contributed by atoms with Crippen LogP contribution in [0.4, 0.5) is 19.0 Å². The van der Waals surface area contributed by atoms with Crippen molar-refractivity contribution >= 4 is 11.8 Å². The van der Waals surface area contributed by atoms with Crippen LogP contribution in [0.25, 0.3) is 0 Å². The van der Waals surface area contributed by atoms with E-state index in [1.54, 1.807) is 20.0 Å². The molecule has 0 bridgehead atoms. The van der Waals surface area contributed by atoms with Gasteiger partial charge in [0.25, 0.3) is 0 Å². The highest BCUT2D eigenvalue weighted by molar-refractivity contribution is 5.66. The van der Waals surface area contributed by atoms with Crippen molar-refractivity contribution in [1.82, 2.24) is 9.88 Å². The van der Waals surface area contributed by atoms with Crippen molar-refractivity contribution in [2.45, 2.75) is 45.7 Å². The monoisotopic (exact) mass is 481 g/mol. The molecule has 0 atom stereocenters. The Morgan fingerprint density at radius 2 is 1.85 bits per heavy atom. The molecule has 34 heavy (non-hydrogen) atoms. The van der Waals surface area contributed by atoms with Crippen molar-refractivity contribution in [1.29, 1.82) is 0 Å². The Morgan fingerprint density at radius 1 is 1.18 bits per heavy atom. The van der Waals surface area contributed by atoms with Crippen LogP contribution in [-0.4, -0.2) is 53.4 Å². The third kappa shape index (κ3) is 13.3. The molecule has 2 aromatic rings. The molecule has 6 nitrogen and oxygen atoms in total. The summed E-state index contributed by atoms with van der Waals surface area (Å²) in [5.41, 5.74) is 1.55. The van der Waals surface area contributed by atoms with E-state index >= 15 is 0 Å². The summed E-state index contributed by atoms with van der Waals surface area (Å²) >= 11 is 0. The number of hydrogen-bond donors (Lipinski definition) is 2. The number of anilines is 1. The summed E-state index contributed by atoms with van der Waals surface area (Å²) < 4.78 is 43.5. The fraction of sp³-hybridized carbons (Fsp3) is 0.440. The zero-order chi connectivity index (χ0) is 25.4. The number of pyridine rings is 1. The number of aryl methyl sites for hydroxylation is 1. The highest BCUT2D eigenvalue weighted by Crippen LogP contribution is 2.21. The van der Waals surface area contributed by atoms with Gasteiger partial charge in [-0.3, -0.25) is 4.79 Å². The molecule has 188 valence electrons. The number of carboxylic acids is 1. The lowest BCUT2D eigenvalue weighted by molar-refractivity contribution is -0.141. The largest absolute Gasteiger partial charge is 0.494 e. The van der Waals surface area contributed by atoms with Gasteiger partial charge in [0.15, 0.2) is 0 Å². The number of aliphatic carboxylic acids is 1. The average Bonchev–Trinajstić information content (AvgIpc) is 2.82. The van der Waals surface area contributed by atoms with Crippen LogP contribution in [0.2, 0.25) is 0 Å². The molecule has 0 fully saturated rings. The fourth-order valence-corrected chi connectivity index (χ4v) is 2.81. The lowest BCUT2D eigenvalue weighted by Gasteiger charge is -2.26. The summed E-state index contributed by atoms with van der Waals surface area (Å²) in [7, 11) is 0. The van der Waals surface area contributed by atoms with Crippen molar-refractivity contribution in [3.8, 4) is 5.75 Å². The highest BCUT2D eigenvalue weighted by atomic mass is 19.4. The standard InChI is InChI=1S/C22H28F3N3O.C3H6O2/c1-3-28(17-22(23,24)25)18(2)8-9-19-10-12-20(13-11-19)29-16-6-15-27-21-7-4-5-14-26-21;1-2-3(4)5/h4-5,7,10-14H,2-3,6,8-9,15-17H2,1H3,(H,26,27);2H2,1H3,(H,4,5). The Kier molecular flexibility index (Phi) is 13.2. The van der Waals surface area contributed by atoms with Crippen LogP contribution in [0.15, 0.2) is 60.9 Å². The van der Waals surface area contributed by atoms with Crippen LogP contribution < -0.4 is 10.1 Å². The molecular formula is C25H34F3N3O3. The van der Waals surface area contributed by atoms with Crippen molar-refractivity contribution in [3.05, 3.63) is 66.5 Å². The molecule has 1 aromatic carbocycles. The van der Waals surface area contributed by atoms with E-state index in [4.69, 9.17) is 9.84 Å². The summed E-state index contributed by atoms with van der Waals surface area (Å²) in [4.78, 5) is 14.8. The minimum atomic E-state index is -4.22. The first-order valence-corrected chi connectivity index (χ1v) is 11.2. The van der Waals surface area contributed by atoms with Crippen LogP contribution in [0.3, 0.4) is 0 Å². The fourth-order valence-electron chi connectivity index (χ4n) is 2.81. The van der Waals surface area contributed by atoms with Gasteiger partial charge in [-0.15, -0.1) is 0 Å². The zero-order valence-corrected chi connectivity index (χ0v) is 19.8. The molecule has 0 spiro atoms. The molecule has 0 aliphatic heterocycles. The number of carbonyl (C=O) groups is 1. The molecule has 2 N–H and O–H groups in total. The normalized spacial score (nSPS) is 10.6. The number of halogens is 3. The van der Waals surface area contributed by atoms with Gasteiger partial charge in [0.1, 0.15) is 18.1 Å². The van der Waals surface area contributed by atoms with Crippen molar-refractivity contribution in [3.63, 3.8) is 0 Å². The second-order valence-electron chi connectivity index (χ2n) is 7.43. The summed E-state index contributed by atoms with van der Waals surface area (Å²) in [6.45, 7) is 7.80. The van der Waals surface area contributed by atoms with Crippen LogP contribution in [0, 0.1) is 0 Å². The third-order valence-corrected chi connectivity index (χ3v) is 4.69. The van der Waals surface area contributed by atoms with E-state index < -0.39 is 18.7 Å². The number of nitrogens with zero attached hydrogens (tertiary/aromatic N) is 2. The van der Waals surface area contributed by atoms with Gasteiger partial charge < -0.3 is 20.1 Å². The predicted octanol–water partition coefficient (Wildman–Crippen LogP) is 5.77. The van der Waals surface area contributed by atoms with Gasteiger partial charge in [-0.1, -0.05) is 31.7 Å². The molecule has 0 unspecified atom stereocenters. The van der Waals surface area contributed by atoms with Gasteiger partial charge in [0.2, 0.25) is 0 Å². The Balaban J connectivity index is 0.00000104. The Hall–Kier alpha value is -3.23. The Morgan fingerprint density at radius 3 is 2.38 bits per heavy atom. The first-order valence-electron chi connectivity index (χ1n) is 11.2. The molecule has 9 heteroatoms. The highest BCUT2D eigenvalue weighted by Gasteiger charge is 2.30. The van der Waals surface area contributed by atoms with E-state index in [1.807, 2.05) is 42.5 Å². The van der Waals surface area contributed by atoms with Gasteiger partial charge in [-0.05, 0) is 56.0 Å². The van der Waals surface area contributed by atoms with E-state index in [0.717, 1.165) is 30.1 Å². The molecule has 0 saturated heterocycles. The number of alkyl halides is 3. The maximum absolute atomic E-state index is 12.6. The average molecular weight is 482 g/mol. The van der Waals surface area contributed by atoms with Crippen molar-refractivity contribution in [2.75, 3.05) is 31.6 Å². The minimum absolute atomic E-state index is 0.222. The molecular weight excluding hydrogens is 447 g/mol. The SMILES string of the molecule is C=C(CCc1ccc(OCCCNc2ccccn2)cc1)N(CC)CC(F)(F)F.CCC(=O)O. The molecule has 0 aliphatic rings. The van der Waals surface area contributed by atoms with E-state index in [9.17, 15) is 18.0 Å². The van der Waals surface area contributed by atoms with Crippen molar-refractivity contribution in [2.24, 2.45) is 0 Å². The van der Waals surface area contributed by atoms with Gasteiger partial charge in [-0.2, -0.15) is 13.2 Å². The maximum Gasteiger partial charge on any atom is 0.405 e. The summed E-state index contributed by atoms with van der Waals surface area (Å²) in [6.07, 6.45) is -0.286. The number of hydrogen-bond acceptors (Lipinski definition) is 5. The summed E-state index contributed by atoms with van der Waals surface area (Å²) in [6, 6.07) is 13.4. The van der Waals surface area contributed by atoms with Gasteiger partial charge >= 0.3 is 12.1 Å². The number of benzene rings is 1. The van der Waals surface area contributed by atoms with Crippen LogP contribution in [0.1, 0.15) is 38.7 Å². The van der Waals surface area contributed by atoms with Crippen LogP contribution >= 0.6 is 0 Å². The number of allylic oxidation sites excluding steroid dienone is 1. The number of aromatic nitrogens is 1.